The van der Waals surface area contributed by atoms with E-state index in [-0.39, 0.29) is 0 Å². The molecule has 4 nitrogen and oxygen atoms in total. The van der Waals surface area contributed by atoms with E-state index in [9.17, 15) is 9.90 Å². The molecule has 18 heavy (non-hydrogen) atoms. The van der Waals surface area contributed by atoms with Crippen LogP contribution in [0.2, 0.25) is 0 Å². The van der Waals surface area contributed by atoms with Crippen LogP contribution >= 0.6 is 0 Å². The molecule has 1 heterocycles. The van der Waals surface area contributed by atoms with Crippen molar-refractivity contribution in [2.45, 2.75) is 12.5 Å². The number of carboxylic acid groups (broad SMARTS) is 1. The van der Waals surface area contributed by atoms with Crippen LogP contribution in [0.15, 0.2) is 54.9 Å². The van der Waals surface area contributed by atoms with Crippen molar-refractivity contribution in [3.05, 3.63) is 60.4 Å². The molecular formula is C14H13NO3. The molecule has 0 saturated carbocycles. The first-order chi connectivity index (χ1) is 8.63. The van der Waals surface area contributed by atoms with Gasteiger partial charge in [-0.25, -0.2) is 4.79 Å². The van der Waals surface area contributed by atoms with Gasteiger partial charge in [0.25, 0.3) is 0 Å². The van der Waals surface area contributed by atoms with Crippen LogP contribution in [0.1, 0.15) is 12.5 Å². The first-order valence-electron chi connectivity index (χ1n) is 5.51. The highest BCUT2D eigenvalue weighted by Crippen LogP contribution is 2.27. The van der Waals surface area contributed by atoms with Crippen molar-refractivity contribution >= 4 is 5.97 Å². The van der Waals surface area contributed by atoms with Crippen LogP contribution in [0, 0.1) is 0 Å². The number of benzene rings is 1. The van der Waals surface area contributed by atoms with Crippen LogP contribution in [-0.4, -0.2) is 16.1 Å². The van der Waals surface area contributed by atoms with Crippen LogP contribution in [0.4, 0.5) is 0 Å². The van der Waals surface area contributed by atoms with Gasteiger partial charge in [0.2, 0.25) is 5.60 Å². The maximum absolute atomic E-state index is 11.5. The van der Waals surface area contributed by atoms with E-state index in [0.717, 1.165) is 0 Å². The highest BCUT2D eigenvalue weighted by molar-refractivity contribution is 5.79. The lowest BCUT2D eigenvalue weighted by molar-refractivity contribution is -0.154. The molecule has 92 valence electrons. The third kappa shape index (κ3) is 2.32. The molecule has 2 rings (SSSR count). The van der Waals surface area contributed by atoms with Gasteiger partial charge in [0, 0.05) is 18.0 Å². The van der Waals surface area contributed by atoms with Crippen molar-refractivity contribution in [1.82, 2.24) is 4.98 Å². The van der Waals surface area contributed by atoms with Crippen molar-refractivity contribution in [3.8, 4) is 5.75 Å². The van der Waals surface area contributed by atoms with E-state index in [0.29, 0.717) is 11.3 Å². The molecule has 0 aliphatic rings. The lowest BCUT2D eigenvalue weighted by Gasteiger charge is -2.26. The lowest BCUT2D eigenvalue weighted by atomic mass is 9.97. The largest absolute Gasteiger partial charge is 0.478 e. The minimum Gasteiger partial charge on any atom is -0.478 e. The van der Waals surface area contributed by atoms with Gasteiger partial charge in [0.1, 0.15) is 5.75 Å². The monoisotopic (exact) mass is 243 g/mol. The van der Waals surface area contributed by atoms with Crippen LogP contribution < -0.4 is 4.74 Å². The van der Waals surface area contributed by atoms with E-state index < -0.39 is 11.6 Å². The molecule has 0 spiro atoms. The van der Waals surface area contributed by atoms with Gasteiger partial charge in [-0.1, -0.05) is 18.2 Å². The fraction of sp³-hybridized carbons (Fsp3) is 0.143. The van der Waals surface area contributed by atoms with Crippen molar-refractivity contribution < 1.29 is 14.6 Å². The van der Waals surface area contributed by atoms with Gasteiger partial charge in [-0.15, -0.1) is 0 Å². The molecule has 0 aliphatic heterocycles. The quantitative estimate of drug-likeness (QED) is 0.896. The number of aromatic nitrogens is 1. The minimum atomic E-state index is -1.43. The Labute approximate surface area is 105 Å². The van der Waals surface area contributed by atoms with E-state index in [4.69, 9.17) is 4.74 Å². The molecule has 1 atom stereocenters. The third-order valence-corrected chi connectivity index (χ3v) is 2.70. The standard InChI is InChI=1S/C14H13NO3/c1-14(13(16)17,11-7-9-15-10-8-11)18-12-5-3-2-4-6-12/h2-10H,1H3,(H,16,17). The Morgan fingerprint density at radius 1 is 1.17 bits per heavy atom. The van der Waals surface area contributed by atoms with Crippen molar-refractivity contribution in [3.63, 3.8) is 0 Å². The molecule has 0 amide bonds. The summed E-state index contributed by atoms with van der Waals surface area (Å²) in [6.45, 7) is 1.53. The average Bonchev–Trinajstić information content (AvgIpc) is 2.40. The van der Waals surface area contributed by atoms with Crippen LogP contribution in [0.3, 0.4) is 0 Å². The number of ether oxygens (including phenoxy) is 1. The third-order valence-electron chi connectivity index (χ3n) is 2.70. The molecule has 0 saturated heterocycles. The van der Waals surface area contributed by atoms with Gasteiger partial charge in [-0.3, -0.25) is 4.98 Å². The summed E-state index contributed by atoms with van der Waals surface area (Å²) in [6.07, 6.45) is 3.09. The zero-order valence-electron chi connectivity index (χ0n) is 9.91. The number of carbonyl (C=O) groups is 1. The van der Waals surface area contributed by atoms with Gasteiger partial charge in [-0.05, 0) is 31.2 Å². The first-order valence-corrected chi connectivity index (χ1v) is 5.51. The van der Waals surface area contributed by atoms with Gasteiger partial charge in [0.05, 0.1) is 0 Å². The van der Waals surface area contributed by atoms with Crippen molar-refractivity contribution in [2.75, 3.05) is 0 Å². The highest BCUT2D eigenvalue weighted by atomic mass is 16.5. The normalized spacial score (nSPS) is 13.6. The number of hydrogen-bond donors (Lipinski definition) is 1. The molecular weight excluding hydrogens is 230 g/mol. The second kappa shape index (κ2) is 4.87. The number of rotatable bonds is 4. The maximum Gasteiger partial charge on any atom is 0.352 e. The lowest BCUT2D eigenvalue weighted by Crippen LogP contribution is -2.38. The fourth-order valence-electron chi connectivity index (χ4n) is 1.62. The highest BCUT2D eigenvalue weighted by Gasteiger charge is 2.37. The van der Waals surface area contributed by atoms with E-state index in [1.165, 1.54) is 6.92 Å². The van der Waals surface area contributed by atoms with Gasteiger partial charge < -0.3 is 9.84 Å². The zero-order valence-corrected chi connectivity index (χ0v) is 9.91. The summed E-state index contributed by atoms with van der Waals surface area (Å²) in [5.74, 6) is -0.531. The predicted molar refractivity (Wildman–Crippen MR) is 66.3 cm³/mol. The summed E-state index contributed by atoms with van der Waals surface area (Å²) < 4.78 is 5.62. The number of para-hydroxylation sites is 1. The SMILES string of the molecule is CC(Oc1ccccc1)(C(=O)O)c1ccncc1. The van der Waals surface area contributed by atoms with Crippen LogP contribution in [-0.2, 0) is 10.4 Å². The molecule has 0 aliphatic carbocycles. The summed E-state index contributed by atoms with van der Waals surface area (Å²) in [4.78, 5) is 15.4. The molecule has 0 bridgehead atoms. The molecule has 0 radical (unpaired) electrons. The average molecular weight is 243 g/mol. The Kier molecular flexibility index (Phi) is 3.28. The van der Waals surface area contributed by atoms with E-state index in [1.54, 1.807) is 48.8 Å². The zero-order chi connectivity index (χ0) is 13.0. The van der Waals surface area contributed by atoms with Crippen molar-refractivity contribution in [2.24, 2.45) is 0 Å². The molecule has 2 aromatic rings. The second-order valence-electron chi connectivity index (χ2n) is 3.99. The molecule has 0 fully saturated rings. The molecule has 1 N–H and O–H groups in total. The Hall–Kier alpha value is -2.36. The Morgan fingerprint density at radius 2 is 1.78 bits per heavy atom. The summed E-state index contributed by atoms with van der Waals surface area (Å²) in [5.41, 5.74) is -0.876. The molecule has 1 unspecified atom stereocenters. The Bertz CT molecular complexity index is 527. The minimum absolute atomic E-state index is 0.513. The molecule has 1 aromatic carbocycles. The maximum atomic E-state index is 11.5. The topological polar surface area (TPSA) is 59.4 Å². The summed E-state index contributed by atoms with van der Waals surface area (Å²) in [7, 11) is 0. The number of hydrogen-bond acceptors (Lipinski definition) is 3. The number of pyridine rings is 1. The molecule has 4 heteroatoms. The smallest absolute Gasteiger partial charge is 0.352 e. The number of nitrogens with zero attached hydrogens (tertiary/aromatic N) is 1. The first kappa shape index (κ1) is 12.1. The molecule has 1 aromatic heterocycles. The van der Waals surface area contributed by atoms with E-state index in [2.05, 4.69) is 4.98 Å². The number of carboxylic acids is 1. The Morgan fingerprint density at radius 3 is 2.33 bits per heavy atom. The predicted octanol–water partition coefficient (Wildman–Crippen LogP) is 2.46. The van der Waals surface area contributed by atoms with E-state index >= 15 is 0 Å². The van der Waals surface area contributed by atoms with Gasteiger partial charge in [-0.2, -0.15) is 0 Å². The summed E-state index contributed by atoms with van der Waals surface area (Å²) in [5, 5.41) is 9.40. The Balaban J connectivity index is 2.37. The summed E-state index contributed by atoms with van der Waals surface area (Å²) >= 11 is 0. The van der Waals surface area contributed by atoms with E-state index in [1.807, 2.05) is 6.07 Å². The summed E-state index contributed by atoms with van der Waals surface area (Å²) in [6, 6.07) is 12.2. The van der Waals surface area contributed by atoms with Gasteiger partial charge >= 0.3 is 5.97 Å². The number of aliphatic carboxylic acids is 1. The van der Waals surface area contributed by atoms with Crippen molar-refractivity contribution in [1.29, 1.82) is 0 Å². The van der Waals surface area contributed by atoms with Crippen LogP contribution in [0.5, 0.6) is 5.75 Å². The fourth-order valence-corrected chi connectivity index (χ4v) is 1.62. The van der Waals surface area contributed by atoms with Gasteiger partial charge in [0.15, 0.2) is 0 Å². The second-order valence-corrected chi connectivity index (χ2v) is 3.99. The van der Waals surface area contributed by atoms with Crippen LogP contribution in [0.25, 0.3) is 0 Å².